The smallest absolute Gasteiger partial charge is 0.322 e. The Bertz CT molecular complexity index is 1010. The van der Waals surface area contributed by atoms with E-state index in [1.165, 1.54) is 22.5 Å². The number of sulfonamides is 1. The number of H-pyrrole nitrogens is 1. The average Bonchev–Trinajstić information content (AvgIpc) is 2.59. The van der Waals surface area contributed by atoms with Crippen molar-refractivity contribution in [3.05, 3.63) is 40.2 Å². The van der Waals surface area contributed by atoms with Crippen molar-refractivity contribution < 1.29 is 23.1 Å². The molecule has 1 heterocycles. The summed E-state index contributed by atoms with van der Waals surface area (Å²) in [7, 11) is -3.76. The molecule has 26 heavy (non-hydrogen) atoms. The van der Waals surface area contributed by atoms with Gasteiger partial charge in [-0.15, -0.1) is 0 Å². The number of carbonyl (C=O) groups excluding carboxylic acids is 1. The zero-order valence-electron chi connectivity index (χ0n) is 14.3. The van der Waals surface area contributed by atoms with Gasteiger partial charge in [0.15, 0.2) is 0 Å². The van der Waals surface area contributed by atoms with E-state index in [4.69, 9.17) is 5.11 Å². The number of fused-ring (bicyclic) bond motifs is 1. The molecule has 0 spiro atoms. The first-order chi connectivity index (χ1) is 12.2. The normalized spacial score (nSPS) is 11.7. The van der Waals surface area contributed by atoms with Crippen LogP contribution in [0, 0.1) is 0 Å². The van der Waals surface area contributed by atoms with E-state index in [2.05, 4.69) is 10.3 Å². The molecule has 0 saturated heterocycles. The summed E-state index contributed by atoms with van der Waals surface area (Å²) in [5, 5.41) is 11.1. The number of carboxylic acid groups (broad SMARTS) is 1. The molecule has 0 bridgehead atoms. The highest BCUT2D eigenvalue weighted by Crippen LogP contribution is 2.22. The summed E-state index contributed by atoms with van der Waals surface area (Å²) in [5.74, 6) is -2.02. The Morgan fingerprint density at radius 1 is 1.19 bits per heavy atom. The van der Waals surface area contributed by atoms with Crippen LogP contribution in [0.4, 0.5) is 0 Å². The number of aromatic amines is 1. The number of carboxylic acids is 1. The summed E-state index contributed by atoms with van der Waals surface area (Å²) in [4.78, 5) is 37.1. The van der Waals surface area contributed by atoms with Crippen molar-refractivity contribution in [1.29, 1.82) is 0 Å². The zero-order valence-corrected chi connectivity index (χ0v) is 15.1. The van der Waals surface area contributed by atoms with Crippen LogP contribution >= 0.6 is 0 Å². The van der Waals surface area contributed by atoms with Crippen LogP contribution in [0.5, 0.6) is 0 Å². The van der Waals surface area contributed by atoms with Gasteiger partial charge >= 0.3 is 5.97 Å². The fraction of sp³-hybridized carbons (Fsp3) is 0.312. The van der Waals surface area contributed by atoms with E-state index in [1.807, 2.05) is 0 Å². The molecule has 1 aromatic carbocycles. The second-order valence-corrected chi connectivity index (χ2v) is 7.36. The Morgan fingerprint density at radius 2 is 1.85 bits per heavy atom. The Balaban J connectivity index is 2.62. The topological polar surface area (TPSA) is 137 Å². The molecule has 9 nitrogen and oxygen atoms in total. The molecule has 1 amide bonds. The van der Waals surface area contributed by atoms with Gasteiger partial charge in [0, 0.05) is 30.1 Å². The van der Waals surface area contributed by atoms with Gasteiger partial charge in [0.1, 0.15) is 6.54 Å². The lowest BCUT2D eigenvalue weighted by atomic mass is 10.1. The number of nitrogens with zero attached hydrogens (tertiary/aromatic N) is 1. The third-order valence-electron chi connectivity index (χ3n) is 3.80. The lowest BCUT2D eigenvalue weighted by Gasteiger charge is -2.19. The van der Waals surface area contributed by atoms with E-state index in [9.17, 15) is 22.8 Å². The summed E-state index contributed by atoms with van der Waals surface area (Å²) < 4.78 is 26.6. The molecule has 2 rings (SSSR count). The van der Waals surface area contributed by atoms with Crippen molar-refractivity contribution in [2.24, 2.45) is 0 Å². The molecule has 2 aromatic rings. The Morgan fingerprint density at radius 3 is 2.42 bits per heavy atom. The summed E-state index contributed by atoms with van der Waals surface area (Å²) in [6, 6.07) is 5.06. The molecule has 0 aliphatic carbocycles. The third kappa shape index (κ3) is 3.92. The number of rotatable bonds is 7. The number of hydrogen-bond acceptors (Lipinski definition) is 5. The van der Waals surface area contributed by atoms with Crippen LogP contribution in [0.25, 0.3) is 10.9 Å². The predicted octanol–water partition coefficient (Wildman–Crippen LogP) is 0.373. The van der Waals surface area contributed by atoms with Crippen LogP contribution in [0.3, 0.4) is 0 Å². The quantitative estimate of drug-likeness (QED) is 0.634. The second kappa shape index (κ2) is 7.67. The van der Waals surface area contributed by atoms with E-state index in [1.54, 1.807) is 13.8 Å². The van der Waals surface area contributed by atoms with Gasteiger partial charge in [0.2, 0.25) is 15.6 Å². The molecule has 10 heteroatoms. The van der Waals surface area contributed by atoms with E-state index in [-0.39, 0.29) is 34.5 Å². The van der Waals surface area contributed by atoms with E-state index < -0.39 is 34.0 Å². The van der Waals surface area contributed by atoms with Gasteiger partial charge in [-0.3, -0.25) is 14.4 Å². The highest BCUT2D eigenvalue weighted by molar-refractivity contribution is 7.89. The van der Waals surface area contributed by atoms with Gasteiger partial charge in [-0.05, 0) is 18.2 Å². The van der Waals surface area contributed by atoms with Gasteiger partial charge in [-0.2, -0.15) is 4.31 Å². The summed E-state index contributed by atoms with van der Waals surface area (Å²) >= 11 is 0. The van der Waals surface area contributed by atoms with Gasteiger partial charge in [0.25, 0.3) is 5.91 Å². The average molecular weight is 381 g/mol. The summed E-state index contributed by atoms with van der Waals surface area (Å²) in [5.41, 5.74) is -0.379. The lowest BCUT2D eigenvalue weighted by molar-refractivity contribution is -0.135. The minimum atomic E-state index is -3.76. The van der Waals surface area contributed by atoms with Crippen LogP contribution in [0.15, 0.2) is 34.0 Å². The van der Waals surface area contributed by atoms with Crippen LogP contribution in [0.1, 0.15) is 24.2 Å². The Hall–Kier alpha value is -2.72. The van der Waals surface area contributed by atoms with Crippen molar-refractivity contribution in [3.8, 4) is 0 Å². The van der Waals surface area contributed by atoms with Gasteiger partial charge < -0.3 is 15.4 Å². The molecule has 0 unspecified atom stereocenters. The number of pyridine rings is 1. The van der Waals surface area contributed by atoms with Crippen LogP contribution in [-0.4, -0.2) is 54.3 Å². The van der Waals surface area contributed by atoms with Gasteiger partial charge in [-0.25, -0.2) is 8.42 Å². The number of carbonyl (C=O) groups is 2. The van der Waals surface area contributed by atoms with Gasteiger partial charge in [-0.1, -0.05) is 13.8 Å². The fourth-order valence-electron chi connectivity index (χ4n) is 2.54. The molecule has 1 aromatic heterocycles. The van der Waals surface area contributed by atoms with Crippen LogP contribution < -0.4 is 10.9 Å². The molecule has 0 aliphatic rings. The molecular weight excluding hydrogens is 362 g/mol. The SMILES string of the molecule is CCN(CC)S(=O)(=O)c1ccc2[nH]c(=O)cc(C(=O)NCC(=O)O)c2c1. The Kier molecular flexibility index (Phi) is 5.78. The van der Waals surface area contributed by atoms with Crippen LogP contribution in [-0.2, 0) is 14.8 Å². The first-order valence-electron chi connectivity index (χ1n) is 7.88. The molecule has 0 atom stereocenters. The molecule has 0 fully saturated rings. The van der Waals surface area contributed by atoms with Crippen molar-refractivity contribution in [2.75, 3.05) is 19.6 Å². The molecule has 140 valence electrons. The van der Waals surface area contributed by atoms with E-state index >= 15 is 0 Å². The third-order valence-corrected chi connectivity index (χ3v) is 5.85. The maximum Gasteiger partial charge on any atom is 0.322 e. The number of amides is 1. The molecule has 0 radical (unpaired) electrons. The van der Waals surface area contributed by atoms with Crippen molar-refractivity contribution in [3.63, 3.8) is 0 Å². The maximum absolute atomic E-state index is 12.7. The monoisotopic (exact) mass is 381 g/mol. The number of aromatic nitrogens is 1. The molecule has 3 N–H and O–H groups in total. The number of nitrogens with one attached hydrogen (secondary N) is 2. The molecule has 0 saturated carbocycles. The van der Waals surface area contributed by atoms with Crippen molar-refractivity contribution in [2.45, 2.75) is 18.7 Å². The van der Waals surface area contributed by atoms with Gasteiger partial charge in [0.05, 0.1) is 10.5 Å². The first kappa shape index (κ1) is 19.6. The van der Waals surface area contributed by atoms with E-state index in [0.29, 0.717) is 0 Å². The fourth-order valence-corrected chi connectivity index (χ4v) is 4.03. The molecular formula is C16H19N3O6S. The number of benzene rings is 1. The number of hydrogen-bond donors (Lipinski definition) is 3. The van der Waals surface area contributed by atoms with Crippen LogP contribution in [0.2, 0.25) is 0 Å². The number of aliphatic carboxylic acids is 1. The predicted molar refractivity (Wildman–Crippen MR) is 94.6 cm³/mol. The largest absolute Gasteiger partial charge is 0.480 e. The highest BCUT2D eigenvalue weighted by atomic mass is 32.2. The first-order valence-corrected chi connectivity index (χ1v) is 9.32. The zero-order chi connectivity index (χ0) is 19.5. The van der Waals surface area contributed by atoms with Crippen molar-refractivity contribution in [1.82, 2.24) is 14.6 Å². The summed E-state index contributed by atoms with van der Waals surface area (Å²) in [6.07, 6.45) is 0. The van der Waals surface area contributed by atoms with Crippen molar-refractivity contribution >= 4 is 32.8 Å². The maximum atomic E-state index is 12.7. The lowest BCUT2D eigenvalue weighted by Crippen LogP contribution is -2.31. The standard InChI is InChI=1S/C16H19N3O6S/c1-3-19(4-2)26(24,25)10-5-6-13-11(7-10)12(8-14(20)18-13)16(23)17-9-15(21)22/h5-8H,3-4,9H2,1-2H3,(H,17,23)(H,18,20)(H,21,22). The second-order valence-electron chi connectivity index (χ2n) is 5.42. The highest BCUT2D eigenvalue weighted by Gasteiger charge is 2.23. The molecule has 0 aliphatic heterocycles. The minimum Gasteiger partial charge on any atom is -0.480 e. The van der Waals surface area contributed by atoms with E-state index in [0.717, 1.165) is 6.07 Å². The minimum absolute atomic E-state index is 0.0203. The Labute approximate surface area is 149 Å². The summed E-state index contributed by atoms with van der Waals surface area (Å²) in [6.45, 7) is 3.38.